The van der Waals surface area contributed by atoms with Crippen molar-refractivity contribution in [3.63, 3.8) is 0 Å². The van der Waals surface area contributed by atoms with E-state index in [0.29, 0.717) is 43.7 Å². The van der Waals surface area contributed by atoms with Gasteiger partial charge in [-0.25, -0.2) is 4.79 Å². The Hall–Kier alpha value is -4.60. The molecule has 224 valence electrons. The van der Waals surface area contributed by atoms with Gasteiger partial charge in [0.25, 0.3) is 5.91 Å². The molecule has 1 amide bonds. The van der Waals surface area contributed by atoms with Gasteiger partial charge in [-0.3, -0.25) is 14.4 Å². The average Bonchev–Trinajstić information content (AvgIpc) is 3.51. The predicted molar refractivity (Wildman–Crippen MR) is 160 cm³/mol. The van der Waals surface area contributed by atoms with Gasteiger partial charge >= 0.3 is 17.9 Å². The van der Waals surface area contributed by atoms with Crippen molar-refractivity contribution in [1.82, 2.24) is 9.97 Å². The highest BCUT2D eigenvalue weighted by molar-refractivity contribution is 6.34. The fourth-order valence-electron chi connectivity index (χ4n) is 5.02. The first-order valence-electron chi connectivity index (χ1n) is 14.0. The lowest BCUT2D eigenvalue weighted by Crippen LogP contribution is -2.07. The lowest BCUT2D eigenvalue weighted by atomic mass is 10.0. The molecule has 0 saturated heterocycles. The molecule has 2 aromatic heterocycles. The molecule has 10 heteroatoms. The summed E-state index contributed by atoms with van der Waals surface area (Å²) >= 11 is 0. The van der Waals surface area contributed by atoms with Crippen LogP contribution < -0.4 is 5.32 Å². The number of nitrogens with one attached hydrogen (secondary N) is 3. The van der Waals surface area contributed by atoms with Crippen molar-refractivity contribution in [2.45, 2.75) is 67.2 Å². The van der Waals surface area contributed by atoms with Crippen molar-refractivity contribution in [2.75, 3.05) is 18.5 Å². The number of para-hydroxylation sites is 1. The number of aryl methyl sites for hydroxylation is 2. The first-order chi connectivity index (χ1) is 20.0. The Morgan fingerprint density at radius 2 is 1.48 bits per heavy atom. The fourth-order valence-corrected chi connectivity index (χ4v) is 5.02. The lowest BCUT2D eigenvalue weighted by Gasteiger charge is -2.03. The second-order valence-corrected chi connectivity index (χ2v) is 9.97. The number of carbonyl (C=O) groups excluding carboxylic acids is 3. The summed E-state index contributed by atoms with van der Waals surface area (Å²) in [6.07, 6.45) is 3.30. The molecular weight excluding hydrogens is 538 g/mol. The van der Waals surface area contributed by atoms with Crippen LogP contribution in [0.2, 0.25) is 0 Å². The van der Waals surface area contributed by atoms with Crippen molar-refractivity contribution in [1.29, 1.82) is 0 Å². The fraction of sp³-hybridized carbons (Fsp3) is 0.375. The highest BCUT2D eigenvalue weighted by atomic mass is 16.5. The monoisotopic (exact) mass is 577 g/mol. The smallest absolute Gasteiger partial charge is 0.355 e. The SMILES string of the molecule is CCOC(=O)CCc1c(C)[nH]c(C(=O)OCC)c1C.Cc1[nH]c(C=C2C(=O)Nc3ccccc32)c(C)c1CCC(=O)O. The largest absolute Gasteiger partial charge is 0.481 e. The van der Waals surface area contributed by atoms with Gasteiger partial charge in [0.2, 0.25) is 0 Å². The van der Waals surface area contributed by atoms with Crippen LogP contribution >= 0.6 is 0 Å². The van der Waals surface area contributed by atoms with E-state index in [4.69, 9.17) is 14.6 Å². The molecule has 3 aromatic rings. The zero-order chi connectivity index (χ0) is 31.0. The topological polar surface area (TPSA) is 151 Å². The van der Waals surface area contributed by atoms with Crippen molar-refractivity contribution < 1.29 is 33.8 Å². The number of benzene rings is 1. The Balaban J connectivity index is 0.000000236. The molecule has 10 nitrogen and oxygen atoms in total. The van der Waals surface area contributed by atoms with Crippen LogP contribution in [0.5, 0.6) is 0 Å². The van der Waals surface area contributed by atoms with E-state index < -0.39 is 5.97 Å². The Kier molecular flexibility index (Phi) is 10.9. The van der Waals surface area contributed by atoms with E-state index in [9.17, 15) is 19.2 Å². The molecular formula is C32H39N3O7. The van der Waals surface area contributed by atoms with Crippen LogP contribution in [0.3, 0.4) is 0 Å². The van der Waals surface area contributed by atoms with Crippen molar-refractivity contribution in [3.05, 3.63) is 74.9 Å². The Labute approximate surface area is 245 Å². The van der Waals surface area contributed by atoms with Gasteiger partial charge in [-0.1, -0.05) is 18.2 Å². The number of esters is 2. The minimum absolute atomic E-state index is 0.0961. The molecule has 0 spiro atoms. The van der Waals surface area contributed by atoms with Crippen LogP contribution in [0.4, 0.5) is 5.69 Å². The standard InChI is InChI=1S/C18H18N2O3.C14H21NO4/c1-10-12(7-8-17(21)22)11(2)19-16(10)9-14-13-5-3-4-6-15(13)20-18(14)23;1-5-18-12(16)8-7-11-9(3)13(15-10(11)4)14(17)19-6-2/h3-6,9,19H,7-8H2,1-2H3,(H,20,23)(H,21,22);15H,5-8H2,1-4H3. The molecule has 42 heavy (non-hydrogen) atoms. The molecule has 0 unspecified atom stereocenters. The number of fused-ring (bicyclic) bond motifs is 1. The minimum atomic E-state index is -0.811. The zero-order valence-electron chi connectivity index (χ0n) is 25.0. The summed E-state index contributed by atoms with van der Waals surface area (Å²) < 4.78 is 9.87. The maximum absolute atomic E-state index is 12.2. The number of ether oxygens (including phenoxy) is 2. The van der Waals surface area contributed by atoms with Crippen molar-refractivity contribution in [2.24, 2.45) is 0 Å². The summed E-state index contributed by atoms with van der Waals surface area (Å²) in [4.78, 5) is 52.3. The van der Waals surface area contributed by atoms with Gasteiger partial charge in [-0.05, 0) is 88.8 Å². The number of hydrogen-bond donors (Lipinski definition) is 4. The number of aromatic nitrogens is 2. The molecule has 0 atom stereocenters. The van der Waals surface area contributed by atoms with Gasteiger partial charge in [0, 0.05) is 41.2 Å². The Morgan fingerprint density at radius 1 is 0.857 bits per heavy atom. The van der Waals surface area contributed by atoms with Gasteiger partial charge in [0.15, 0.2) is 0 Å². The molecule has 1 aliphatic rings. The van der Waals surface area contributed by atoms with Crippen LogP contribution in [0.15, 0.2) is 24.3 Å². The molecule has 0 bridgehead atoms. The molecule has 4 rings (SSSR count). The van der Waals surface area contributed by atoms with Gasteiger partial charge < -0.3 is 29.9 Å². The normalized spacial score (nSPS) is 12.8. The third-order valence-electron chi connectivity index (χ3n) is 7.18. The highest BCUT2D eigenvalue weighted by Crippen LogP contribution is 2.33. The van der Waals surface area contributed by atoms with E-state index in [0.717, 1.165) is 50.6 Å². The molecule has 0 saturated carbocycles. The third-order valence-corrected chi connectivity index (χ3v) is 7.18. The summed E-state index contributed by atoms with van der Waals surface area (Å²) in [5.41, 5.74) is 9.31. The summed E-state index contributed by atoms with van der Waals surface area (Å²) in [5.74, 6) is -1.51. The number of H-pyrrole nitrogens is 2. The van der Waals surface area contributed by atoms with E-state index >= 15 is 0 Å². The Bertz CT molecular complexity index is 1510. The van der Waals surface area contributed by atoms with E-state index in [1.54, 1.807) is 13.8 Å². The van der Waals surface area contributed by atoms with Gasteiger partial charge in [-0.15, -0.1) is 0 Å². The summed E-state index contributed by atoms with van der Waals surface area (Å²) in [5, 5.41) is 11.7. The van der Waals surface area contributed by atoms with E-state index in [-0.39, 0.29) is 24.3 Å². The second kappa shape index (κ2) is 14.3. The summed E-state index contributed by atoms with van der Waals surface area (Å²) in [7, 11) is 0. The predicted octanol–water partition coefficient (Wildman–Crippen LogP) is 5.45. The first kappa shape index (κ1) is 31.9. The number of carbonyl (C=O) groups is 4. The van der Waals surface area contributed by atoms with E-state index in [2.05, 4.69) is 15.3 Å². The Morgan fingerprint density at radius 3 is 2.14 bits per heavy atom. The maximum atomic E-state index is 12.2. The molecule has 0 fully saturated rings. The van der Waals surface area contributed by atoms with Crippen LogP contribution in [0.25, 0.3) is 11.6 Å². The van der Waals surface area contributed by atoms with Crippen LogP contribution in [-0.2, 0) is 36.7 Å². The number of anilines is 1. The number of rotatable bonds is 10. The molecule has 0 aliphatic carbocycles. The minimum Gasteiger partial charge on any atom is -0.481 e. The third kappa shape index (κ3) is 7.57. The average molecular weight is 578 g/mol. The van der Waals surface area contributed by atoms with Crippen LogP contribution in [0.1, 0.15) is 82.1 Å². The number of amides is 1. The van der Waals surface area contributed by atoms with E-state index in [1.165, 1.54) is 0 Å². The molecule has 3 heterocycles. The maximum Gasteiger partial charge on any atom is 0.355 e. The lowest BCUT2D eigenvalue weighted by molar-refractivity contribution is -0.143. The number of aliphatic carboxylic acids is 1. The number of carboxylic acids is 1. The second-order valence-electron chi connectivity index (χ2n) is 9.97. The van der Waals surface area contributed by atoms with Gasteiger partial charge in [-0.2, -0.15) is 0 Å². The van der Waals surface area contributed by atoms with Crippen molar-refractivity contribution >= 4 is 41.2 Å². The molecule has 0 radical (unpaired) electrons. The van der Waals surface area contributed by atoms with E-state index in [1.807, 2.05) is 58.0 Å². The van der Waals surface area contributed by atoms with Crippen LogP contribution in [0, 0.1) is 27.7 Å². The zero-order valence-corrected chi connectivity index (χ0v) is 25.0. The summed E-state index contributed by atoms with van der Waals surface area (Å²) in [6, 6.07) is 7.57. The summed E-state index contributed by atoms with van der Waals surface area (Å²) in [6.45, 7) is 11.9. The van der Waals surface area contributed by atoms with Crippen molar-refractivity contribution in [3.8, 4) is 0 Å². The molecule has 1 aliphatic heterocycles. The highest BCUT2D eigenvalue weighted by Gasteiger charge is 2.24. The first-order valence-corrected chi connectivity index (χ1v) is 14.0. The number of hydrogen-bond acceptors (Lipinski definition) is 6. The molecule has 1 aromatic carbocycles. The van der Waals surface area contributed by atoms with Crippen LogP contribution in [-0.4, -0.2) is 52.1 Å². The number of carboxylic acid groups (broad SMARTS) is 1. The van der Waals surface area contributed by atoms with Gasteiger partial charge in [0.1, 0.15) is 5.69 Å². The molecule has 4 N–H and O–H groups in total. The number of aromatic amines is 2. The quantitative estimate of drug-likeness (QED) is 0.185. The van der Waals surface area contributed by atoms with Gasteiger partial charge in [0.05, 0.1) is 18.8 Å².